The van der Waals surface area contributed by atoms with Gasteiger partial charge in [0.25, 0.3) is 0 Å². The van der Waals surface area contributed by atoms with Crippen LogP contribution in [0.4, 0.5) is 0 Å². The van der Waals surface area contributed by atoms with Gasteiger partial charge in [-0.15, -0.1) is 4.91 Å². The minimum absolute atomic E-state index is 0.756. The normalized spacial score (nSPS) is 10.4. The fourth-order valence-corrected chi connectivity index (χ4v) is 0.850. The summed E-state index contributed by atoms with van der Waals surface area (Å²) >= 11 is 0. The summed E-state index contributed by atoms with van der Waals surface area (Å²) in [6.45, 7) is 2.07. The van der Waals surface area contributed by atoms with E-state index in [9.17, 15) is 4.91 Å². The van der Waals surface area contributed by atoms with Gasteiger partial charge in [0.05, 0.1) is 11.9 Å². The van der Waals surface area contributed by atoms with E-state index in [-0.39, 0.29) is 0 Å². The van der Waals surface area contributed by atoms with Gasteiger partial charge in [0.1, 0.15) is 0 Å². The van der Waals surface area contributed by atoms with Crippen molar-refractivity contribution in [3.8, 4) is 0 Å². The zero-order valence-electron chi connectivity index (χ0n) is 6.90. The van der Waals surface area contributed by atoms with Gasteiger partial charge in [-0.25, -0.2) is 0 Å². The van der Waals surface area contributed by atoms with Gasteiger partial charge in [-0.05, 0) is 29.3 Å². The first-order valence-corrected chi connectivity index (χ1v) is 3.80. The number of rotatable bonds is 3. The molecule has 0 aromatic carbocycles. The molecule has 0 saturated carbocycles. The Morgan fingerprint density at radius 2 is 2.42 bits per heavy atom. The second kappa shape index (κ2) is 4.38. The molecule has 1 rings (SSSR count). The summed E-state index contributed by atoms with van der Waals surface area (Å²) in [7, 11) is 0. The standard InChI is InChI=1S/C9H10N2O/c1-2-8-3-4-9(10-7-8)5-6-11-12/h3-7H,2H2,1H3/b6-5-. The molecule has 0 radical (unpaired) electrons. The summed E-state index contributed by atoms with van der Waals surface area (Å²) in [6, 6.07) is 3.85. The first-order chi connectivity index (χ1) is 5.86. The maximum atomic E-state index is 9.74. The zero-order chi connectivity index (χ0) is 8.81. The zero-order valence-corrected chi connectivity index (χ0v) is 6.90. The van der Waals surface area contributed by atoms with Crippen LogP contribution in [0.2, 0.25) is 0 Å². The molecular weight excluding hydrogens is 152 g/mol. The Morgan fingerprint density at radius 3 is 2.92 bits per heavy atom. The lowest BCUT2D eigenvalue weighted by molar-refractivity contribution is 1.10. The fourth-order valence-electron chi connectivity index (χ4n) is 0.850. The predicted octanol–water partition coefficient (Wildman–Crippen LogP) is 2.38. The van der Waals surface area contributed by atoms with Crippen molar-refractivity contribution < 1.29 is 0 Å². The van der Waals surface area contributed by atoms with E-state index in [0.717, 1.165) is 12.1 Å². The van der Waals surface area contributed by atoms with Crippen molar-refractivity contribution in [2.75, 3.05) is 0 Å². The van der Waals surface area contributed by atoms with Crippen molar-refractivity contribution in [1.82, 2.24) is 4.98 Å². The van der Waals surface area contributed by atoms with Crippen molar-refractivity contribution >= 4 is 6.08 Å². The predicted molar refractivity (Wildman–Crippen MR) is 48.4 cm³/mol. The summed E-state index contributed by atoms with van der Waals surface area (Å²) in [5.74, 6) is 0. The molecule has 0 unspecified atom stereocenters. The van der Waals surface area contributed by atoms with E-state index < -0.39 is 0 Å². The fraction of sp³-hybridized carbons (Fsp3) is 0.222. The third-order valence-corrected chi connectivity index (χ3v) is 1.56. The van der Waals surface area contributed by atoms with Crippen molar-refractivity contribution in [1.29, 1.82) is 0 Å². The van der Waals surface area contributed by atoms with E-state index in [1.165, 1.54) is 11.8 Å². The van der Waals surface area contributed by atoms with Crippen LogP contribution in [0.25, 0.3) is 6.08 Å². The highest BCUT2D eigenvalue weighted by Gasteiger charge is 1.89. The summed E-state index contributed by atoms with van der Waals surface area (Å²) < 4.78 is 0. The van der Waals surface area contributed by atoms with Crippen molar-refractivity contribution in [2.45, 2.75) is 13.3 Å². The monoisotopic (exact) mass is 162 g/mol. The van der Waals surface area contributed by atoms with Gasteiger partial charge in [0, 0.05) is 6.20 Å². The maximum Gasteiger partial charge on any atom is 0.0736 e. The molecule has 0 spiro atoms. The smallest absolute Gasteiger partial charge is 0.0736 e. The molecule has 3 nitrogen and oxygen atoms in total. The Bertz CT molecular complexity index is 277. The van der Waals surface area contributed by atoms with E-state index in [2.05, 4.69) is 17.1 Å². The SMILES string of the molecule is CCc1ccc(/C=C\N=O)nc1. The molecule has 0 amide bonds. The van der Waals surface area contributed by atoms with Crippen LogP contribution < -0.4 is 0 Å². The minimum atomic E-state index is 0.756. The van der Waals surface area contributed by atoms with Crippen LogP contribution in [0.15, 0.2) is 29.7 Å². The van der Waals surface area contributed by atoms with Crippen LogP contribution in [-0.4, -0.2) is 4.98 Å². The van der Waals surface area contributed by atoms with Gasteiger partial charge in [-0.3, -0.25) is 4.98 Å². The lowest BCUT2D eigenvalue weighted by Crippen LogP contribution is -1.84. The lowest BCUT2D eigenvalue weighted by Gasteiger charge is -1.94. The highest BCUT2D eigenvalue weighted by molar-refractivity contribution is 5.43. The highest BCUT2D eigenvalue weighted by Crippen LogP contribution is 2.02. The van der Waals surface area contributed by atoms with E-state index in [1.54, 1.807) is 12.3 Å². The second-order valence-corrected chi connectivity index (χ2v) is 2.37. The summed E-state index contributed by atoms with van der Waals surface area (Å²) in [5.41, 5.74) is 1.94. The van der Waals surface area contributed by atoms with Crippen molar-refractivity contribution in [3.63, 3.8) is 0 Å². The highest BCUT2D eigenvalue weighted by atomic mass is 16.2. The van der Waals surface area contributed by atoms with Crippen molar-refractivity contribution in [3.05, 3.63) is 40.7 Å². The van der Waals surface area contributed by atoms with E-state index >= 15 is 0 Å². The second-order valence-electron chi connectivity index (χ2n) is 2.37. The molecule has 12 heavy (non-hydrogen) atoms. The molecule has 0 bridgehead atoms. The van der Waals surface area contributed by atoms with Crippen LogP contribution in [-0.2, 0) is 6.42 Å². The Hall–Kier alpha value is -1.51. The first-order valence-electron chi connectivity index (χ1n) is 3.80. The van der Waals surface area contributed by atoms with Crippen LogP contribution >= 0.6 is 0 Å². The molecule has 1 aromatic rings. The topological polar surface area (TPSA) is 42.3 Å². The quantitative estimate of drug-likeness (QED) is 0.640. The lowest BCUT2D eigenvalue weighted by atomic mass is 10.2. The Balaban J connectivity index is 2.77. The van der Waals surface area contributed by atoms with Crippen LogP contribution in [0.5, 0.6) is 0 Å². The van der Waals surface area contributed by atoms with Crippen LogP contribution in [0.1, 0.15) is 18.2 Å². The third kappa shape index (κ3) is 2.27. The molecule has 1 aromatic heterocycles. The number of nitrogens with zero attached hydrogens (tertiary/aromatic N) is 2. The van der Waals surface area contributed by atoms with Gasteiger partial charge < -0.3 is 0 Å². The largest absolute Gasteiger partial charge is 0.257 e. The molecule has 1 heterocycles. The Labute approximate surface area is 71.1 Å². The van der Waals surface area contributed by atoms with Crippen molar-refractivity contribution in [2.24, 2.45) is 5.18 Å². The number of pyridine rings is 1. The maximum absolute atomic E-state index is 9.74. The number of aromatic nitrogens is 1. The van der Waals surface area contributed by atoms with E-state index in [1.807, 2.05) is 12.1 Å². The van der Waals surface area contributed by atoms with Gasteiger partial charge in [-0.2, -0.15) is 0 Å². The van der Waals surface area contributed by atoms with Crippen LogP contribution in [0, 0.1) is 4.91 Å². The molecule has 0 fully saturated rings. The number of nitroso groups, excluding NO2 is 1. The summed E-state index contributed by atoms with van der Waals surface area (Å²) in [6.07, 6.45) is 5.54. The number of hydrogen-bond acceptors (Lipinski definition) is 3. The van der Waals surface area contributed by atoms with Gasteiger partial charge in [-0.1, -0.05) is 13.0 Å². The molecule has 0 aliphatic rings. The molecular formula is C9H10N2O. The summed E-state index contributed by atoms with van der Waals surface area (Å²) in [4.78, 5) is 13.8. The molecule has 0 aliphatic carbocycles. The average Bonchev–Trinajstić information content (AvgIpc) is 2.15. The third-order valence-electron chi connectivity index (χ3n) is 1.56. The first kappa shape index (κ1) is 8.59. The van der Waals surface area contributed by atoms with Crippen LogP contribution in [0.3, 0.4) is 0 Å². The molecule has 0 atom stereocenters. The summed E-state index contributed by atoms with van der Waals surface area (Å²) in [5, 5.41) is 2.60. The molecule has 3 heteroatoms. The minimum Gasteiger partial charge on any atom is -0.257 e. The number of hydrogen-bond donors (Lipinski definition) is 0. The number of aryl methyl sites for hydroxylation is 1. The molecule has 0 N–H and O–H groups in total. The van der Waals surface area contributed by atoms with E-state index in [4.69, 9.17) is 0 Å². The Morgan fingerprint density at radius 1 is 1.58 bits per heavy atom. The molecule has 0 saturated heterocycles. The van der Waals surface area contributed by atoms with Gasteiger partial charge in [0.2, 0.25) is 0 Å². The van der Waals surface area contributed by atoms with Gasteiger partial charge in [0.15, 0.2) is 0 Å². The van der Waals surface area contributed by atoms with E-state index in [0.29, 0.717) is 0 Å². The Kier molecular flexibility index (Phi) is 3.14. The molecule has 0 aliphatic heterocycles. The van der Waals surface area contributed by atoms with Gasteiger partial charge >= 0.3 is 0 Å². The average molecular weight is 162 g/mol. The molecule has 62 valence electrons.